The summed E-state index contributed by atoms with van der Waals surface area (Å²) in [7, 11) is 0. The van der Waals surface area contributed by atoms with Crippen LogP contribution >= 0.6 is 11.6 Å². The van der Waals surface area contributed by atoms with Gasteiger partial charge in [0, 0.05) is 93.5 Å². The minimum absolute atomic E-state index is 0.254. The maximum absolute atomic E-state index is 13.0. The number of carbonyl (C=O) groups excluding carboxylic acids is 2. The lowest BCUT2D eigenvalue weighted by molar-refractivity contribution is -0.129. The molecule has 0 radical (unpaired) electrons. The molecule has 2 amide bonds. The number of pyridine rings is 1. The lowest BCUT2D eigenvalue weighted by atomic mass is 10.0. The molecule has 4 aromatic rings. The van der Waals surface area contributed by atoms with Gasteiger partial charge in [-0.1, -0.05) is 42.8 Å². The van der Waals surface area contributed by atoms with Crippen LogP contribution < -0.4 is 21.3 Å². The zero-order valence-corrected chi connectivity index (χ0v) is 29.2. The molecule has 0 atom stereocenters. The number of nitrogens with one attached hydrogen (secondary N) is 4. The maximum atomic E-state index is 13.0. The smallest absolute Gasteiger partial charge is 0.229 e. The molecule has 0 aliphatic carbocycles. The number of hydrogen-bond donors (Lipinski definition) is 4. The van der Waals surface area contributed by atoms with Crippen molar-refractivity contribution in [3.8, 4) is 11.1 Å². The summed E-state index contributed by atoms with van der Waals surface area (Å²) < 4.78 is 7.47. The quantitative estimate of drug-likeness (QED) is 0.150. The molecule has 2 fully saturated rings. The predicted octanol–water partition coefficient (Wildman–Crippen LogP) is 4.65. The van der Waals surface area contributed by atoms with E-state index in [1.807, 2.05) is 36.0 Å². The summed E-state index contributed by atoms with van der Waals surface area (Å²) in [5.74, 6) is -0.694. The summed E-state index contributed by atoms with van der Waals surface area (Å²) in [6.45, 7) is 11.8. The van der Waals surface area contributed by atoms with Gasteiger partial charge >= 0.3 is 0 Å². The molecule has 6 rings (SSSR count). The van der Waals surface area contributed by atoms with Crippen molar-refractivity contribution in [2.45, 2.75) is 71.8 Å². The van der Waals surface area contributed by atoms with Crippen molar-refractivity contribution in [3.63, 3.8) is 0 Å². The summed E-state index contributed by atoms with van der Waals surface area (Å²) in [4.78, 5) is 33.3. The minimum Gasteiger partial charge on any atom is -0.381 e. The van der Waals surface area contributed by atoms with Gasteiger partial charge in [-0.2, -0.15) is 5.10 Å². The van der Waals surface area contributed by atoms with Gasteiger partial charge in [-0.25, -0.2) is 9.67 Å². The molecular weight excluding hydrogens is 640 g/mol. The fraction of sp³-hybridized carbons (Fsp3) is 0.459. The summed E-state index contributed by atoms with van der Waals surface area (Å²) in [5, 5.41) is 19.2. The highest BCUT2D eigenvalue weighted by molar-refractivity contribution is 6.33. The van der Waals surface area contributed by atoms with Gasteiger partial charge < -0.3 is 26.0 Å². The number of aromatic nitrogens is 3. The Balaban J connectivity index is 1.08. The van der Waals surface area contributed by atoms with E-state index in [2.05, 4.69) is 62.5 Å². The number of benzene rings is 2. The molecule has 2 aromatic carbocycles. The average Bonchev–Trinajstić information content (AvgIpc) is 3.54. The predicted molar refractivity (Wildman–Crippen MR) is 193 cm³/mol. The van der Waals surface area contributed by atoms with E-state index in [-0.39, 0.29) is 37.4 Å². The topological polar surface area (TPSA) is 125 Å². The SMILES string of the molecule is CCc1nc2c(cnn2CC)c(NC2CCOCC2)c1CNC(=O)CC(=O)NCc1ccc(Cl)c(-c2cccc(CN3CCNCC3)c2)c1. The first-order valence-electron chi connectivity index (χ1n) is 17.5. The van der Waals surface area contributed by atoms with Crippen molar-refractivity contribution < 1.29 is 14.3 Å². The van der Waals surface area contributed by atoms with E-state index >= 15 is 0 Å². The van der Waals surface area contributed by atoms with Crippen molar-refractivity contribution in [1.82, 2.24) is 35.6 Å². The van der Waals surface area contributed by atoms with Gasteiger partial charge in [0.2, 0.25) is 11.8 Å². The van der Waals surface area contributed by atoms with Crippen LogP contribution in [0.4, 0.5) is 5.69 Å². The van der Waals surface area contributed by atoms with Crippen molar-refractivity contribution in [3.05, 3.63) is 76.1 Å². The molecule has 2 aromatic heterocycles. The van der Waals surface area contributed by atoms with Gasteiger partial charge in [-0.3, -0.25) is 14.5 Å². The molecule has 11 nitrogen and oxygen atoms in total. The molecule has 2 aliphatic heterocycles. The number of aryl methyl sites for hydroxylation is 2. The second-order valence-corrected chi connectivity index (χ2v) is 13.2. The van der Waals surface area contributed by atoms with Crippen LogP contribution in [0.25, 0.3) is 22.2 Å². The number of rotatable bonds is 13. The van der Waals surface area contributed by atoms with Crippen LogP contribution in [0, 0.1) is 0 Å². The van der Waals surface area contributed by atoms with E-state index in [1.54, 1.807) is 0 Å². The highest BCUT2D eigenvalue weighted by atomic mass is 35.5. The summed E-state index contributed by atoms with van der Waals surface area (Å²) in [6, 6.07) is 14.5. The molecule has 4 N–H and O–H groups in total. The third-order valence-corrected chi connectivity index (χ3v) is 9.66. The highest BCUT2D eigenvalue weighted by Gasteiger charge is 2.22. The Morgan fingerprint density at radius 1 is 1.00 bits per heavy atom. The number of hydrogen-bond acceptors (Lipinski definition) is 8. The van der Waals surface area contributed by atoms with Crippen molar-refractivity contribution >= 4 is 40.1 Å². The Labute approximate surface area is 293 Å². The van der Waals surface area contributed by atoms with E-state index in [9.17, 15) is 9.59 Å². The summed E-state index contributed by atoms with van der Waals surface area (Å²) in [6.07, 6.45) is 4.07. The molecule has 0 bridgehead atoms. The fourth-order valence-electron chi connectivity index (χ4n) is 6.63. The van der Waals surface area contributed by atoms with Gasteiger partial charge in [0.1, 0.15) is 6.42 Å². The maximum Gasteiger partial charge on any atom is 0.229 e. The molecule has 260 valence electrons. The molecule has 4 heterocycles. The number of ether oxygens (including phenoxy) is 1. The first-order valence-corrected chi connectivity index (χ1v) is 17.8. The summed E-state index contributed by atoms with van der Waals surface area (Å²) >= 11 is 6.64. The number of amides is 2. The Morgan fingerprint density at radius 3 is 2.53 bits per heavy atom. The highest BCUT2D eigenvalue weighted by Crippen LogP contribution is 2.32. The third kappa shape index (κ3) is 8.77. The third-order valence-electron chi connectivity index (χ3n) is 9.33. The van der Waals surface area contributed by atoms with Gasteiger partial charge in [0.05, 0.1) is 17.3 Å². The lowest BCUT2D eigenvalue weighted by Gasteiger charge is -2.27. The van der Waals surface area contributed by atoms with Gasteiger partial charge in [-0.15, -0.1) is 0 Å². The molecule has 2 aliphatic rings. The van der Waals surface area contributed by atoms with Crippen LogP contribution in [-0.4, -0.2) is 76.9 Å². The van der Waals surface area contributed by atoms with E-state index in [4.69, 9.17) is 21.3 Å². The normalized spacial score (nSPS) is 15.7. The molecule has 49 heavy (non-hydrogen) atoms. The van der Waals surface area contributed by atoms with E-state index in [1.165, 1.54) is 5.56 Å². The molecule has 0 spiro atoms. The zero-order valence-electron chi connectivity index (χ0n) is 28.5. The summed E-state index contributed by atoms with van der Waals surface area (Å²) in [5.41, 5.74) is 7.71. The van der Waals surface area contributed by atoms with Crippen LogP contribution in [0.5, 0.6) is 0 Å². The van der Waals surface area contributed by atoms with Crippen LogP contribution in [-0.2, 0) is 46.9 Å². The molecule has 0 unspecified atom stereocenters. The van der Waals surface area contributed by atoms with E-state index in [0.29, 0.717) is 31.2 Å². The van der Waals surface area contributed by atoms with E-state index in [0.717, 1.165) is 90.2 Å². The molecule has 12 heteroatoms. The van der Waals surface area contributed by atoms with Crippen molar-refractivity contribution in [1.29, 1.82) is 0 Å². The Kier molecular flexibility index (Phi) is 11.8. The number of anilines is 1. The van der Waals surface area contributed by atoms with Gasteiger partial charge in [-0.05, 0) is 61.1 Å². The molecule has 2 saturated heterocycles. The Morgan fingerprint density at radius 2 is 1.78 bits per heavy atom. The monoisotopic (exact) mass is 686 g/mol. The van der Waals surface area contributed by atoms with Gasteiger partial charge in [0.25, 0.3) is 0 Å². The lowest BCUT2D eigenvalue weighted by Crippen LogP contribution is -2.42. The Bertz CT molecular complexity index is 1760. The first-order chi connectivity index (χ1) is 23.9. The van der Waals surface area contributed by atoms with Crippen LogP contribution in [0.2, 0.25) is 5.02 Å². The van der Waals surface area contributed by atoms with E-state index < -0.39 is 0 Å². The number of piperazine rings is 1. The first kappa shape index (κ1) is 34.8. The second-order valence-electron chi connectivity index (χ2n) is 12.8. The number of nitrogens with zero attached hydrogens (tertiary/aromatic N) is 4. The van der Waals surface area contributed by atoms with Crippen molar-refractivity contribution in [2.24, 2.45) is 0 Å². The van der Waals surface area contributed by atoms with Crippen LogP contribution in [0.1, 0.15) is 55.5 Å². The Hall–Kier alpha value is -4.03. The zero-order chi connectivity index (χ0) is 34.2. The number of fused-ring (bicyclic) bond motifs is 1. The largest absolute Gasteiger partial charge is 0.381 e. The molecule has 0 saturated carbocycles. The second kappa shape index (κ2) is 16.6. The standard InChI is InChI=1S/C37H47ClN8O3/c1-3-33-30(36(43-28-10-16-49-17-11-28)31-23-42-46(4-2)37(31)44-33)22-41-35(48)20-34(47)40-21-25-8-9-32(38)29(19-25)27-7-5-6-26(18-27)24-45-14-12-39-13-15-45/h5-9,18-19,23,28,39H,3-4,10-17,20-22,24H2,1-2H3,(H,40,47)(H,41,48)(H,43,44). The van der Waals surface area contributed by atoms with Gasteiger partial charge in [0.15, 0.2) is 5.65 Å². The van der Waals surface area contributed by atoms with Crippen molar-refractivity contribution in [2.75, 3.05) is 44.7 Å². The minimum atomic E-state index is -0.348. The average molecular weight is 687 g/mol. The molecular formula is C37H47ClN8O3. The van der Waals surface area contributed by atoms with Crippen LogP contribution in [0.3, 0.4) is 0 Å². The fourth-order valence-corrected chi connectivity index (χ4v) is 6.85. The van der Waals surface area contributed by atoms with Crippen LogP contribution in [0.15, 0.2) is 48.7 Å². The number of carbonyl (C=O) groups is 2. The number of halogens is 1.